The molecule has 1 saturated heterocycles. The van der Waals surface area contributed by atoms with Gasteiger partial charge in [0.25, 0.3) is 5.91 Å². The van der Waals surface area contributed by atoms with Gasteiger partial charge >= 0.3 is 6.03 Å². The zero-order valence-electron chi connectivity index (χ0n) is 24.0. The van der Waals surface area contributed by atoms with Crippen molar-refractivity contribution in [3.63, 3.8) is 0 Å². The van der Waals surface area contributed by atoms with Crippen LogP contribution in [0.5, 0.6) is 0 Å². The first-order valence-electron chi connectivity index (χ1n) is 14.3. The van der Waals surface area contributed by atoms with Gasteiger partial charge in [0.1, 0.15) is 11.6 Å². The van der Waals surface area contributed by atoms with Gasteiger partial charge in [-0.05, 0) is 99.3 Å². The Bertz CT molecular complexity index is 1590. The molecule has 0 unspecified atom stereocenters. The smallest absolute Gasteiger partial charge is 0.308 e. The van der Waals surface area contributed by atoms with E-state index in [9.17, 15) is 18.8 Å². The first-order valence-corrected chi connectivity index (χ1v) is 14.3. The first kappa shape index (κ1) is 29.6. The van der Waals surface area contributed by atoms with Crippen LogP contribution in [0.4, 0.5) is 26.4 Å². The number of piperidine rings is 1. The van der Waals surface area contributed by atoms with Crippen LogP contribution >= 0.6 is 0 Å². The van der Waals surface area contributed by atoms with Gasteiger partial charge in [0, 0.05) is 40.8 Å². The lowest BCUT2D eigenvalue weighted by Gasteiger charge is -2.33. The maximum absolute atomic E-state index is 13.4. The molecule has 0 saturated carbocycles. The molecule has 1 aromatic heterocycles. The largest absolute Gasteiger partial charge is 0.323 e. The number of urea groups is 1. The summed E-state index contributed by atoms with van der Waals surface area (Å²) in [5.74, 6) is 0.268. The number of ketones is 1. The van der Waals surface area contributed by atoms with Crippen molar-refractivity contribution in [2.75, 3.05) is 29.0 Å². The van der Waals surface area contributed by atoms with Crippen LogP contribution in [0, 0.1) is 11.7 Å². The van der Waals surface area contributed by atoms with Crippen molar-refractivity contribution >= 4 is 34.9 Å². The van der Waals surface area contributed by atoms with Gasteiger partial charge in [0.2, 0.25) is 0 Å². The van der Waals surface area contributed by atoms with E-state index in [0.29, 0.717) is 46.3 Å². The quantitative estimate of drug-likeness (QED) is 0.190. The van der Waals surface area contributed by atoms with E-state index in [1.54, 1.807) is 66.9 Å². The maximum atomic E-state index is 13.4. The lowest BCUT2D eigenvalue weighted by molar-refractivity contribution is 0.101. The SMILES string of the molecule is CC(=O)c1cccc(NC(=O)Nc2cccc(C(=O)Nc3ccccn3)c2CN2CCC(Cc3ccc(F)cc3)CC2)c1. The molecule has 5 rings (SSSR count). The lowest BCUT2D eigenvalue weighted by atomic mass is 9.90. The van der Waals surface area contributed by atoms with Gasteiger partial charge in [-0.25, -0.2) is 14.2 Å². The van der Waals surface area contributed by atoms with Crippen LogP contribution < -0.4 is 16.0 Å². The van der Waals surface area contributed by atoms with Gasteiger partial charge in [-0.15, -0.1) is 0 Å². The third-order valence-electron chi connectivity index (χ3n) is 7.63. The van der Waals surface area contributed by atoms with Crippen molar-refractivity contribution in [1.82, 2.24) is 9.88 Å². The van der Waals surface area contributed by atoms with E-state index in [2.05, 4.69) is 25.8 Å². The average Bonchev–Trinajstić information content (AvgIpc) is 3.00. The molecule has 4 aromatic rings. The molecular formula is C34H34FN5O3. The number of carbonyl (C=O) groups is 3. The van der Waals surface area contributed by atoms with Crippen molar-refractivity contribution in [2.24, 2.45) is 5.92 Å². The maximum Gasteiger partial charge on any atom is 0.323 e. The van der Waals surface area contributed by atoms with Crippen molar-refractivity contribution in [2.45, 2.75) is 32.7 Å². The van der Waals surface area contributed by atoms with E-state index in [1.807, 2.05) is 12.1 Å². The molecule has 0 bridgehead atoms. The topological polar surface area (TPSA) is 103 Å². The van der Waals surface area contributed by atoms with Gasteiger partial charge in [-0.3, -0.25) is 14.5 Å². The molecule has 1 fully saturated rings. The number of pyridine rings is 1. The summed E-state index contributed by atoms with van der Waals surface area (Å²) in [4.78, 5) is 44.8. The number of Topliss-reactive ketones (excluding diaryl/α,β-unsaturated/α-hetero) is 1. The van der Waals surface area contributed by atoms with Gasteiger partial charge < -0.3 is 16.0 Å². The predicted octanol–water partition coefficient (Wildman–Crippen LogP) is 6.77. The zero-order chi connectivity index (χ0) is 30.2. The molecule has 0 radical (unpaired) electrons. The highest BCUT2D eigenvalue weighted by atomic mass is 19.1. The normalized spacial score (nSPS) is 13.7. The number of benzene rings is 3. The van der Waals surface area contributed by atoms with Gasteiger partial charge in [0.15, 0.2) is 5.78 Å². The highest BCUT2D eigenvalue weighted by molar-refractivity contribution is 6.07. The lowest BCUT2D eigenvalue weighted by Crippen LogP contribution is -2.35. The fourth-order valence-electron chi connectivity index (χ4n) is 5.33. The minimum atomic E-state index is -0.484. The minimum absolute atomic E-state index is 0.0978. The van der Waals surface area contributed by atoms with E-state index in [0.717, 1.165) is 37.9 Å². The average molecular weight is 580 g/mol. The second-order valence-electron chi connectivity index (χ2n) is 10.8. The number of carbonyl (C=O) groups excluding carboxylic acids is 3. The Labute approximate surface area is 250 Å². The number of amides is 3. The Morgan fingerprint density at radius 3 is 2.37 bits per heavy atom. The molecule has 9 heteroatoms. The van der Waals surface area contributed by atoms with E-state index in [4.69, 9.17) is 0 Å². The summed E-state index contributed by atoms with van der Waals surface area (Å²) in [6.45, 7) is 3.58. The molecule has 0 atom stereocenters. The molecule has 0 aliphatic carbocycles. The Kier molecular flexibility index (Phi) is 9.53. The van der Waals surface area contributed by atoms with Crippen molar-refractivity contribution in [3.8, 4) is 0 Å². The summed E-state index contributed by atoms with van der Waals surface area (Å²) >= 11 is 0. The van der Waals surface area contributed by atoms with Crippen LogP contribution in [-0.4, -0.2) is 40.7 Å². The molecule has 0 spiro atoms. The Morgan fingerprint density at radius 1 is 0.884 bits per heavy atom. The first-order chi connectivity index (χ1) is 20.8. The predicted molar refractivity (Wildman–Crippen MR) is 166 cm³/mol. The molecule has 8 nitrogen and oxygen atoms in total. The third-order valence-corrected chi connectivity index (χ3v) is 7.63. The molecular weight excluding hydrogens is 545 g/mol. The summed E-state index contributed by atoms with van der Waals surface area (Å²) in [5, 5.41) is 8.56. The molecule has 1 aliphatic rings. The molecule has 2 heterocycles. The fourth-order valence-corrected chi connectivity index (χ4v) is 5.33. The van der Waals surface area contributed by atoms with Crippen LogP contribution in [-0.2, 0) is 13.0 Å². The van der Waals surface area contributed by atoms with Crippen molar-refractivity contribution < 1.29 is 18.8 Å². The molecule has 3 N–H and O–H groups in total. The molecule has 43 heavy (non-hydrogen) atoms. The van der Waals surface area contributed by atoms with Gasteiger partial charge in [-0.2, -0.15) is 0 Å². The highest BCUT2D eigenvalue weighted by Gasteiger charge is 2.24. The highest BCUT2D eigenvalue weighted by Crippen LogP contribution is 2.28. The Hall–Kier alpha value is -4.89. The van der Waals surface area contributed by atoms with Crippen LogP contribution in [0.2, 0.25) is 0 Å². The summed E-state index contributed by atoms with van der Waals surface area (Å²) in [7, 11) is 0. The third kappa shape index (κ3) is 8.11. The number of rotatable bonds is 9. The zero-order valence-corrected chi connectivity index (χ0v) is 24.0. The fraction of sp³-hybridized carbons (Fsp3) is 0.235. The Balaban J connectivity index is 1.32. The standard InChI is InChI=1S/C34H34FN5O3/c1-23(41)26-6-4-7-28(21-26)37-34(43)38-31-9-5-8-29(33(42)39-32-10-2-3-17-36-32)30(31)22-40-18-15-25(16-19-40)20-24-11-13-27(35)14-12-24/h2-14,17,21,25H,15-16,18-20,22H2,1H3,(H,36,39,42)(H2,37,38,43). The van der Waals surface area contributed by atoms with Crippen molar-refractivity contribution in [1.29, 1.82) is 0 Å². The minimum Gasteiger partial charge on any atom is -0.308 e. The van der Waals surface area contributed by atoms with Crippen LogP contribution in [0.1, 0.15) is 51.6 Å². The molecule has 1 aliphatic heterocycles. The van der Waals surface area contributed by atoms with E-state index in [1.165, 1.54) is 19.1 Å². The van der Waals surface area contributed by atoms with E-state index < -0.39 is 6.03 Å². The van der Waals surface area contributed by atoms with Gasteiger partial charge in [0.05, 0.1) is 0 Å². The van der Waals surface area contributed by atoms with Crippen LogP contribution in [0.15, 0.2) is 91.1 Å². The number of likely N-dealkylation sites (tertiary alicyclic amines) is 1. The van der Waals surface area contributed by atoms with E-state index in [-0.39, 0.29) is 17.5 Å². The second-order valence-corrected chi connectivity index (χ2v) is 10.8. The Morgan fingerprint density at radius 2 is 1.65 bits per heavy atom. The number of hydrogen-bond acceptors (Lipinski definition) is 5. The summed E-state index contributed by atoms with van der Waals surface area (Å²) in [6, 6.07) is 23.5. The van der Waals surface area contributed by atoms with Crippen LogP contribution in [0.25, 0.3) is 0 Å². The number of nitrogens with one attached hydrogen (secondary N) is 3. The summed E-state index contributed by atoms with van der Waals surface area (Å²) < 4.78 is 13.3. The second kappa shape index (κ2) is 13.8. The molecule has 3 aromatic carbocycles. The van der Waals surface area contributed by atoms with E-state index >= 15 is 0 Å². The molecule has 3 amide bonds. The number of halogens is 1. The van der Waals surface area contributed by atoms with Crippen molar-refractivity contribution in [3.05, 3.63) is 119 Å². The number of nitrogens with zero attached hydrogens (tertiary/aromatic N) is 2. The summed E-state index contributed by atoms with van der Waals surface area (Å²) in [6.07, 6.45) is 4.44. The summed E-state index contributed by atoms with van der Waals surface area (Å²) in [5.41, 5.74) is 3.76. The molecule has 220 valence electrons. The number of anilines is 3. The number of hydrogen-bond donors (Lipinski definition) is 3. The van der Waals surface area contributed by atoms with Crippen LogP contribution in [0.3, 0.4) is 0 Å². The number of aromatic nitrogens is 1. The monoisotopic (exact) mass is 579 g/mol. The van der Waals surface area contributed by atoms with Gasteiger partial charge in [-0.1, -0.05) is 36.4 Å².